The molecule has 2 amide bonds. The Hall–Kier alpha value is -3.71. The molecule has 0 spiro atoms. The predicted molar refractivity (Wildman–Crippen MR) is 164 cm³/mol. The number of hydrogen-bond acceptors (Lipinski definition) is 4. The molecule has 4 bridgehead atoms. The number of nitrogens with zero attached hydrogens (tertiary/aromatic N) is 2. The van der Waals surface area contributed by atoms with E-state index in [0.717, 1.165) is 40.4 Å². The summed E-state index contributed by atoms with van der Waals surface area (Å²) in [6.45, 7) is 4.09. The van der Waals surface area contributed by atoms with Crippen LogP contribution in [0.15, 0.2) is 60.2 Å². The molecule has 210 valence electrons. The molecule has 6 nitrogen and oxygen atoms in total. The van der Waals surface area contributed by atoms with Crippen LogP contribution >= 0.6 is 12.2 Å². The molecule has 1 aliphatic heterocycles. The molecular weight excluding hydrogens is 530 g/mol. The molecule has 7 heteroatoms. The van der Waals surface area contributed by atoms with Crippen LogP contribution in [-0.4, -0.2) is 28.6 Å². The highest BCUT2D eigenvalue weighted by Gasteiger charge is 2.51. The fraction of sp³-hybridized carbons (Fsp3) is 0.382. The van der Waals surface area contributed by atoms with Gasteiger partial charge in [0, 0.05) is 17.1 Å². The minimum absolute atomic E-state index is 0.0480. The number of anilines is 1. The number of rotatable bonds is 5. The zero-order valence-electron chi connectivity index (χ0n) is 23.8. The number of methoxy groups -OCH3 is 1. The third-order valence-electron chi connectivity index (χ3n) is 9.98. The van der Waals surface area contributed by atoms with Crippen LogP contribution < -0.4 is 15.0 Å². The second kappa shape index (κ2) is 9.69. The molecule has 5 aliphatic rings. The van der Waals surface area contributed by atoms with Gasteiger partial charge in [-0.05, 0) is 147 Å². The van der Waals surface area contributed by atoms with Crippen molar-refractivity contribution in [1.82, 2.24) is 9.88 Å². The summed E-state index contributed by atoms with van der Waals surface area (Å²) in [5.41, 5.74) is 6.43. The van der Waals surface area contributed by atoms with Gasteiger partial charge in [-0.1, -0.05) is 12.1 Å². The number of benzene rings is 2. The van der Waals surface area contributed by atoms with E-state index in [2.05, 4.69) is 41.1 Å². The average Bonchev–Trinajstić information content (AvgIpc) is 3.22. The topological polar surface area (TPSA) is 63.6 Å². The Bertz CT molecular complexity index is 1560. The molecule has 3 aromatic rings. The molecule has 1 N–H and O–H groups in total. The third-order valence-corrected chi connectivity index (χ3v) is 10.3. The Morgan fingerprint density at radius 2 is 1.49 bits per heavy atom. The number of ether oxygens (including phenoxy) is 1. The van der Waals surface area contributed by atoms with Gasteiger partial charge in [-0.15, -0.1) is 0 Å². The zero-order valence-corrected chi connectivity index (χ0v) is 24.6. The van der Waals surface area contributed by atoms with E-state index in [9.17, 15) is 9.59 Å². The van der Waals surface area contributed by atoms with Crippen molar-refractivity contribution in [2.75, 3.05) is 12.0 Å². The van der Waals surface area contributed by atoms with Crippen molar-refractivity contribution in [1.29, 1.82) is 0 Å². The number of aryl methyl sites for hydroxylation is 1. The Labute approximate surface area is 246 Å². The third kappa shape index (κ3) is 4.33. The van der Waals surface area contributed by atoms with E-state index < -0.39 is 11.8 Å². The van der Waals surface area contributed by atoms with Crippen LogP contribution in [0, 0.1) is 31.6 Å². The van der Waals surface area contributed by atoms with E-state index >= 15 is 0 Å². The minimum atomic E-state index is -0.491. The number of nitrogens with one attached hydrogen (secondary N) is 1. The normalized spacial score (nSPS) is 28.0. The zero-order chi connectivity index (χ0) is 28.5. The van der Waals surface area contributed by atoms with E-state index in [1.807, 2.05) is 13.0 Å². The smallest absolute Gasteiger partial charge is 0.270 e. The molecule has 0 unspecified atom stereocenters. The fourth-order valence-corrected chi connectivity index (χ4v) is 8.82. The number of aromatic nitrogens is 1. The first-order valence-electron chi connectivity index (χ1n) is 14.6. The van der Waals surface area contributed by atoms with Crippen LogP contribution in [0.3, 0.4) is 0 Å². The molecule has 41 heavy (non-hydrogen) atoms. The second-order valence-corrected chi connectivity index (χ2v) is 12.9. The number of hydrogen-bond donors (Lipinski definition) is 1. The summed E-state index contributed by atoms with van der Waals surface area (Å²) in [7, 11) is 1.58. The van der Waals surface area contributed by atoms with Crippen LogP contribution in [0.2, 0.25) is 0 Å². The van der Waals surface area contributed by atoms with Gasteiger partial charge in [0.05, 0.1) is 12.8 Å². The van der Waals surface area contributed by atoms with Crippen molar-refractivity contribution in [3.63, 3.8) is 0 Å². The Morgan fingerprint density at radius 1 is 0.902 bits per heavy atom. The average molecular weight is 566 g/mol. The second-order valence-electron chi connectivity index (χ2n) is 12.6. The number of carbonyl (C=O) groups is 2. The van der Waals surface area contributed by atoms with Crippen molar-refractivity contribution in [3.8, 4) is 11.4 Å². The summed E-state index contributed by atoms with van der Waals surface area (Å²) in [5, 5.41) is 2.74. The first-order valence-corrected chi connectivity index (χ1v) is 15.0. The summed E-state index contributed by atoms with van der Waals surface area (Å²) in [6.07, 6.45) is 10.1. The van der Waals surface area contributed by atoms with Crippen molar-refractivity contribution in [2.24, 2.45) is 17.8 Å². The lowest BCUT2D eigenvalue weighted by Gasteiger charge is -2.57. The van der Waals surface area contributed by atoms with Crippen LogP contribution in [0.1, 0.15) is 61.0 Å². The van der Waals surface area contributed by atoms with Crippen molar-refractivity contribution < 1.29 is 14.3 Å². The summed E-state index contributed by atoms with van der Waals surface area (Å²) in [4.78, 5) is 27.8. The SMILES string of the molecule is COc1ccc(N2C(=O)/C(=C/c3cc(C)n(-c4ccc(C56CC7CC(CC(C7)C5)C6)cc4)c3C)C(=O)NC2=S)cc1. The molecule has 5 fully saturated rings. The lowest BCUT2D eigenvalue weighted by Crippen LogP contribution is -2.54. The highest BCUT2D eigenvalue weighted by Crippen LogP contribution is 2.60. The van der Waals surface area contributed by atoms with Gasteiger partial charge in [-0.2, -0.15) is 0 Å². The van der Waals surface area contributed by atoms with Gasteiger partial charge in [0.15, 0.2) is 5.11 Å². The Kier molecular flexibility index (Phi) is 6.19. The van der Waals surface area contributed by atoms with Crippen LogP contribution in [0.25, 0.3) is 11.8 Å². The molecule has 1 saturated heterocycles. The summed E-state index contributed by atoms with van der Waals surface area (Å²) in [5.74, 6) is 2.48. The maximum atomic E-state index is 13.6. The molecule has 8 rings (SSSR count). The number of carbonyl (C=O) groups excluding carboxylic acids is 2. The lowest BCUT2D eigenvalue weighted by atomic mass is 9.48. The molecule has 4 aliphatic carbocycles. The van der Waals surface area contributed by atoms with E-state index in [1.165, 1.54) is 49.0 Å². The van der Waals surface area contributed by atoms with Gasteiger partial charge in [-0.3, -0.25) is 19.8 Å². The molecule has 4 saturated carbocycles. The molecule has 0 radical (unpaired) electrons. The highest BCUT2D eigenvalue weighted by atomic mass is 32.1. The molecule has 1 aromatic heterocycles. The summed E-state index contributed by atoms with van der Waals surface area (Å²) >= 11 is 5.36. The van der Waals surface area contributed by atoms with E-state index in [-0.39, 0.29) is 10.7 Å². The number of thiocarbonyl (C=S) groups is 1. The molecular formula is C34H35N3O3S. The molecule has 2 aromatic carbocycles. The van der Waals surface area contributed by atoms with Crippen LogP contribution in [0.5, 0.6) is 5.75 Å². The van der Waals surface area contributed by atoms with Gasteiger partial charge in [0.25, 0.3) is 11.8 Å². The van der Waals surface area contributed by atoms with Crippen molar-refractivity contribution >= 4 is 40.9 Å². The monoisotopic (exact) mass is 565 g/mol. The first kappa shape index (κ1) is 26.2. The lowest BCUT2D eigenvalue weighted by molar-refractivity contribution is -0.122. The largest absolute Gasteiger partial charge is 0.497 e. The maximum absolute atomic E-state index is 13.6. The molecule has 0 atom stereocenters. The first-order chi connectivity index (χ1) is 19.7. The maximum Gasteiger partial charge on any atom is 0.270 e. The predicted octanol–water partition coefficient (Wildman–Crippen LogP) is 6.40. The minimum Gasteiger partial charge on any atom is -0.497 e. The van der Waals surface area contributed by atoms with E-state index in [1.54, 1.807) is 37.5 Å². The van der Waals surface area contributed by atoms with Gasteiger partial charge < -0.3 is 9.30 Å². The summed E-state index contributed by atoms with van der Waals surface area (Å²) < 4.78 is 7.43. The van der Waals surface area contributed by atoms with Crippen molar-refractivity contribution in [2.45, 2.75) is 57.8 Å². The molecule has 2 heterocycles. The summed E-state index contributed by atoms with van der Waals surface area (Å²) in [6, 6.07) is 18.2. The Morgan fingerprint density at radius 3 is 2.07 bits per heavy atom. The fourth-order valence-electron chi connectivity index (χ4n) is 8.54. The van der Waals surface area contributed by atoms with Crippen LogP contribution in [-0.2, 0) is 15.0 Å². The number of amides is 2. The van der Waals surface area contributed by atoms with E-state index in [4.69, 9.17) is 17.0 Å². The van der Waals surface area contributed by atoms with Crippen LogP contribution in [0.4, 0.5) is 5.69 Å². The van der Waals surface area contributed by atoms with Gasteiger partial charge in [0.2, 0.25) is 0 Å². The Balaban J connectivity index is 1.18. The highest BCUT2D eigenvalue weighted by molar-refractivity contribution is 7.80. The van der Waals surface area contributed by atoms with Gasteiger partial charge >= 0.3 is 0 Å². The van der Waals surface area contributed by atoms with Gasteiger partial charge in [0.1, 0.15) is 11.3 Å². The standard InChI is InChI=1S/C34H35N3O3S/c1-20-12-25(16-30-31(38)35-33(41)37(32(30)39)28-8-10-29(40-3)11-9-28)21(2)36(20)27-6-4-26(5-7-27)34-17-22-13-23(18-34)15-24(14-22)19-34/h4-12,16,22-24H,13-15,17-19H2,1-3H3,(H,35,38,41)/b30-16+. The van der Waals surface area contributed by atoms with Crippen molar-refractivity contribution in [3.05, 3.63) is 82.7 Å². The van der Waals surface area contributed by atoms with Gasteiger partial charge in [-0.25, -0.2) is 0 Å². The quantitative estimate of drug-likeness (QED) is 0.221. The van der Waals surface area contributed by atoms with E-state index in [0.29, 0.717) is 16.9 Å².